The van der Waals surface area contributed by atoms with Crippen LogP contribution in [0.1, 0.15) is 33.6 Å². The molecule has 2 aliphatic rings. The van der Waals surface area contributed by atoms with Crippen molar-refractivity contribution in [3.8, 4) is 0 Å². The summed E-state index contributed by atoms with van der Waals surface area (Å²) in [6, 6.07) is 5.41. The highest BCUT2D eigenvalue weighted by Crippen LogP contribution is 2.31. The Hall–Kier alpha value is -3.33. The van der Waals surface area contributed by atoms with Crippen molar-refractivity contribution in [3.05, 3.63) is 53.0 Å². The number of carbonyl (C=O) groups is 3. The third-order valence-corrected chi connectivity index (χ3v) is 6.10. The highest BCUT2D eigenvalue weighted by Gasteiger charge is 2.49. The Morgan fingerprint density at radius 2 is 1.88 bits per heavy atom. The van der Waals surface area contributed by atoms with Crippen molar-refractivity contribution in [2.45, 2.75) is 25.7 Å². The van der Waals surface area contributed by atoms with Gasteiger partial charge in [0.2, 0.25) is 11.8 Å². The number of aryl methyl sites for hydroxylation is 2. The Kier molecular flexibility index (Phi) is 5.92. The quantitative estimate of drug-likeness (QED) is 0.696. The van der Waals surface area contributed by atoms with Crippen molar-refractivity contribution in [1.29, 1.82) is 0 Å². The van der Waals surface area contributed by atoms with Gasteiger partial charge in [0.15, 0.2) is 0 Å². The van der Waals surface area contributed by atoms with E-state index < -0.39 is 11.3 Å². The van der Waals surface area contributed by atoms with Gasteiger partial charge in [-0.15, -0.1) is 0 Å². The Morgan fingerprint density at radius 1 is 1.12 bits per heavy atom. The van der Waals surface area contributed by atoms with Crippen LogP contribution in [0.25, 0.3) is 0 Å². The normalized spacial score (nSPS) is 21.1. The molecule has 32 heavy (non-hydrogen) atoms. The zero-order valence-corrected chi connectivity index (χ0v) is 18.6. The predicted octanol–water partition coefficient (Wildman–Crippen LogP) is 0.987. The Labute approximate surface area is 186 Å². The first-order valence-corrected chi connectivity index (χ1v) is 10.6. The Balaban J connectivity index is 1.44. The molecule has 9 heteroatoms. The van der Waals surface area contributed by atoms with E-state index in [1.54, 1.807) is 17.0 Å². The lowest BCUT2D eigenvalue weighted by Gasteiger charge is -2.36. The minimum absolute atomic E-state index is 0.0195. The van der Waals surface area contributed by atoms with E-state index in [4.69, 9.17) is 4.74 Å². The van der Waals surface area contributed by atoms with E-state index in [1.165, 1.54) is 13.3 Å². The SMILES string of the molecule is COC[C@@]1(c2ccc(C(=O)N3CCN(c4ncc(C)cc4C)CC3)cn2)CC(=O)NC1=O. The number of piperazine rings is 1. The number of nitrogens with zero attached hydrogens (tertiary/aromatic N) is 4. The van der Waals surface area contributed by atoms with Gasteiger partial charge in [0.25, 0.3) is 5.91 Å². The molecule has 0 spiro atoms. The van der Waals surface area contributed by atoms with Crippen LogP contribution in [-0.2, 0) is 19.7 Å². The second-order valence-electron chi connectivity index (χ2n) is 8.43. The topological polar surface area (TPSA) is 105 Å². The zero-order valence-electron chi connectivity index (χ0n) is 18.6. The van der Waals surface area contributed by atoms with Crippen LogP contribution in [0, 0.1) is 13.8 Å². The van der Waals surface area contributed by atoms with E-state index in [1.807, 2.05) is 13.1 Å². The van der Waals surface area contributed by atoms with Crippen LogP contribution in [0.3, 0.4) is 0 Å². The average molecular weight is 438 g/mol. The van der Waals surface area contributed by atoms with Gasteiger partial charge in [0.05, 0.1) is 17.9 Å². The molecule has 2 aromatic heterocycles. The van der Waals surface area contributed by atoms with Gasteiger partial charge in [0.1, 0.15) is 11.2 Å². The number of anilines is 1. The first kappa shape index (κ1) is 21.9. The van der Waals surface area contributed by atoms with E-state index in [0.717, 1.165) is 16.9 Å². The summed E-state index contributed by atoms with van der Waals surface area (Å²) in [4.78, 5) is 50.1. The fourth-order valence-electron chi connectivity index (χ4n) is 4.44. The number of carbonyl (C=O) groups excluding carboxylic acids is 3. The Morgan fingerprint density at radius 3 is 2.44 bits per heavy atom. The lowest BCUT2D eigenvalue weighted by atomic mass is 9.83. The summed E-state index contributed by atoms with van der Waals surface area (Å²) in [5.41, 5.74) is 1.97. The molecule has 168 valence electrons. The van der Waals surface area contributed by atoms with Crippen LogP contribution in [0.5, 0.6) is 0 Å². The smallest absolute Gasteiger partial charge is 0.255 e. The van der Waals surface area contributed by atoms with Gasteiger partial charge in [-0.1, -0.05) is 6.07 Å². The standard InChI is InChI=1S/C23H27N5O4/c1-15-10-16(2)20(25-12-15)27-6-8-28(9-7-27)21(30)17-4-5-18(24-13-17)23(14-32-3)11-19(29)26-22(23)31/h4-5,10,12-13H,6-9,11,14H2,1-3H3,(H,26,29,31)/t23-/m1/s1. The highest BCUT2D eigenvalue weighted by atomic mass is 16.5. The zero-order chi connectivity index (χ0) is 22.9. The van der Waals surface area contributed by atoms with E-state index in [-0.39, 0.29) is 24.8 Å². The van der Waals surface area contributed by atoms with Gasteiger partial charge < -0.3 is 14.5 Å². The summed E-state index contributed by atoms with van der Waals surface area (Å²) >= 11 is 0. The lowest BCUT2D eigenvalue weighted by Crippen LogP contribution is -2.49. The number of nitrogens with one attached hydrogen (secondary N) is 1. The molecule has 0 saturated carbocycles. The summed E-state index contributed by atoms with van der Waals surface area (Å²) in [6.45, 7) is 6.68. The van der Waals surface area contributed by atoms with Crippen LogP contribution < -0.4 is 10.2 Å². The number of rotatable bonds is 5. The van der Waals surface area contributed by atoms with E-state index in [2.05, 4.69) is 33.2 Å². The molecule has 2 aliphatic heterocycles. The molecule has 3 amide bonds. The van der Waals surface area contributed by atoms with Crippen LogP contribution in [0.15, 0.2) is 30.6 Å². The summed E-state index contributed by atoms with van der Waals surface area (Å²) in [7, 11) is 1.48. The van der Waals surface area contributed by atoms with Gasteiger partial charge >= 0.3 is 0 Å². The van der Waals surface area contributed by atoms with Crippen LogP contribution in [0.2, 0.25) is 0 Å². The largest absolute Gasteiger partial charge is 0.383 e. The van der Waals surface area contributed by atoms with Gasteiger partial charge in [0, 0.05) is 52.1 Å². The van der Waals surface area contributed by atoms with Crippen molar-refractivity contribution in [3.63, 3.8) is 0 Å². The van der Waals surface area contributed by atoms with Gasteiger partial charge in [-0.05, 0) is 37.1 Å². The number of ether oxygens (including phenoxy) is 1. The van der Waals surface area contributed by atoms with Crippen molar-refractivity contribution in [2.24, 2.45) is 0 Å². The molecule has 0 unspecified atom stereocenters. The highest BCUT2D eigenvalue weighted by molar-refractivity contribution is 6.09. The summed E-state index contributed by atoms with van der Waals surface area (Å²) < 4.78 is 5.20. The number of aromatic nitrogens is 2. The number of hydrogen-bond acceptors (Lipinski definition) is 7. The fourth-order valence-corrected chi connectivity index (χ4v) is 4.44. The first-order chi connectivity index (χ1) is 15.3. The molecule has 0 aromatic carbocycles. The molecule has 0 radical (unpaired) electrons. The number of imide groups is 1. The number of hydrogen-bond donors (Lipinski definition) is 1. The molecule has 1 N–H and O–H groups in total. The molecule has 0 bridgehead atoms. The average Bonchev–Trinajstić information content (AvgIpc) is 3.07. The predicted molar refractivity (Wildman–Crippen MR) is 117 cm³/mol. The van der Waals surface area contributed by atoms with Crippen molar-refractivity contribution < 1.29 is 19.1 Å². The van der Waals surface area contributed by atoms with Crippen LogP contribution >= 0.6 is 0 Å². The van der Waals surface area contributed by atoms with E-state index in [0.29, 0.717) is 37.4 Å². The molecule has 1 atom stereocenters. The second kappa shape index (κ2) is 8.66. The molecule has 2 aromatic rings. The van der Waals surface area contributed by atoms with Crippen molar-refractivity contribution >= 4 is 23.5 Å². The number of methoxy groups -OCH3 is 1. The summed E-state index contributed by atoms with van der Waals surface area (Å²) in [6.07, 6.45) is 3.32. The van der Waals surface area contributed by atoms with Crippen molar-refractivity contribution in [2.75, 3.05) is 44.8 Å². The number of amides is 3. The molecule has 4 rings (SSSR count). The molecule has 2 saturated heterocycles. The minimum atomic E-state index is -1.15. The van der Waals surface area contributed by atoms with Gasteiger partial charge in [-0.25, -0.2) is 4.98 Å². The molecule has 9 nitrogen and oxygen atoms in total. The molecule has 2 fully saturated rings. The fraction of sp³-hybridized carbons (Fsp3) is 0.435. The van der Waals surface area contributed by atoms with Crippen molar-refractivity contribution in [1.82, 2.24) is 20.2 Å². The third-order valence-electron chi connectivity index (χ3n) is 6.10. The molecular formula is C23H27N5O4. The molecular weight excluding hydrogens is 410 g/mol. The third kappa shape index (κ3) is 3.95. The van der Waals surface area contributed by atoms with Gasteiger partial charge in [-0.3, -0.25) is 24.7 Å². The number of pyridine rings is 2. The maximum atomic E-state index is 13.0. The Bertz CT molecular complexity index is 1050. The van der Waals surface area contributed by atoms with Crippen LogP contribution in [0.4, 0.5) is 5.82 Å². The summed E-state index contributed by atoms with van der Waals surface area (Å²) in [5.74, 6) is 0.0730. The molecule has 0 aliphatic carbocycles. The summed E-state index contributed by atoms with van der Waals surface area (Å²) in [5, 5.41) is 2.32. The first-order valence-electron chi connectivity index (χ1n) is 10.6. The van der Waals surface area contributed by atoms with Crippen LogP contribution in [-0.4, -0.2) is 72.5 Å². The van der Waals surface area contributed by atoms with E-state index >= 15 is 0 Å². The lowest BCUT2D eigenvalue weighted by molar-refractivity contribution is -0.127. The monoisotopic (exact) mass is 437 g/mol. The maximum absolute atomic E-state index is 13.0. The van der Waals surface area contributed by atoms with E-state index in [9.17, 15) is 14.4 Å². The molecule has 4 heterocycles. The maximum Gasteiger partial charge on any atom is 0.255 e. The second-order valence-corrected chi connectivity index (χ2v) is 8.43. The van der Waals surface area contributed by atoms with Gasteiger partial charge in [-0.2, -0.15) is 0 Å². The minimum Gasteiger partial charge on any atom is -0.383 e.